The number of likely N-dealkylation sites (N-methyl/N-ethyl adjacent to an activating group) is 1. The molecule has 0 aromatic heterocycles. The molecule has 10 heteroatoms. The number of hydrogen-bond acceptors (Lipinski definition) is 5. The van der Waals surface area contributed by atoms with Crippen molar-refractivity contribution in [2.45, 2.75) is 4.90 Å². The maximum Gasteiger partial charge on any atom is 0.246 e. The van der Waals surface area contributed by atoms with E-state index in [1.165, 1.54) is 40.5 Å². The second-order valence-corrected chi connectivity index (χ2v) is 9.46. The summed E-state index contributed by atoms with van der Waals surface area (Å²) in [6.45, 7) is 0.891. The zero-order valence-electron chi connectivity index (χ0n) is 17.5. The molecule has 32 heavy (non-hydrogen) atoms. The molecule has 2 aromatic carbocycles. The smallest absolute Gasteiger partial charge is 0.246 e. The van der Waals surface area contributed by atoms with Crippen LogP contribution in [0.1, 0.15) is 5.56 Å². The van der Waals surface area contributed by atoms with Gasteiger partial charge in [-0.3, -0.25) is 9.59 Å². The second-order valence-electron chi connectivity index (χ2n) is 7.15. The standard InChI is InChI=1S/C22H24ClN3O5S/c1-25(22(28)10-7-17-5-3-2-4-6-17)16-21(27)24-18-8-9-19(23)20(15-18)32(29,30)26-11-13-31-14-12-26/h2-10,15H,11-14,16H2,1H3,(H,24,27). The van der Waals surface area contributed by atoms with Crippen LogP contribution in [0.25, 0.3) is 6.08 Å². The van der Waals surface area contributed by atoms with Crippen molar-refractivity contribution < 1.29 is 22.7 Å². The van der Waals surface area contributed by atoms with Gasteiger partial charge in [0.15, 0.2) is 0 Å². The molecule has 170 valence electrons. The lowest BCUT2D eigenvalue weighted by molar-refractivity contribution is -0.129. The third-order valence-electron chi connectivity index (χ3n) is 4.78. The molecule has 1 aliphatic heterocycles. The molecule has 0 bridgehead atoms. The van der Waals surface area contributed by atoms with Crippen LogP contribution < -0.4 is 5.32 Å². The molecule has 0 saturated carbocycles. The van der Waals surface area contributed by atoms with Gasteiger partial charge in [-0.15, -0.1) is 0 Å². The van der Waals surface area contributed by atoms with Crippen molar-refractivity contribution in [2.24, 2.45) is 0 Å². The summed E-state index contributed by atoms with van der Waals surface area (Å²) in [7, 11) is -2.32. The maximum atomic E-state index is 12.9. The summed E-state index contributed by atoms with van der Waals surface area (Å²) in [6, 6.07) is 13.6. The van der Waals surface area contributed by atoms with Crippen LogP contribution in [0, 0.1) is 0 Å². The average molecular weight is 478 g/mol. The van der Waals surface area contributed by atoms with Crippen molar-refractivity contribution in [3.05, 3.63) is 65.2 Å². The molecule has 1 fully saturated rings. The van der Waals surface area contributed by atoms with Crippen molar-refractivity contribution in [3.63, 3.8) is 0 Å². The molecule has 1 saturated heterocycles. The molecule has 0 unspecified atom stereocenters. The molecule has 3 rings (SSSR count). The molecule has 1 heterocycles. The van der Waals surface area contributed by atoms with Gasteiger partial charge < -0.3 is 15.0 Å². The second kappa shape index (κ2) is 10.7. The monoisotopic (exact) mass is 477 g/mol. The zero-order valence-corrected chi connectivity index (χ0v) is 19.1. The van der Waals surface area contributed by atoms with E-state index in [0.29, 0.717) is 13.2 Å². The van der Waals surface area contributed by atoms with Crippen LogP contribution in [0.3, 0.4) is 0 Å². The van der Waals surface area contributed by atoms with E-state index >= 15 is 0 Å². The SMILES string of the molecule is CN(CC(=O)Nc1ccc(Cl)c(S(=O)(=O)N2CCOCC2)c1)C(=O)C=Cc1ccccc1. The highest BCUT2D eigenvalue weighted by molar-refractivity contribution is 7.89. The van der Waals surface area contributed by atoms with Crippen molar-refractivity contribution in [1.29, 1.82) is 0 Å². The molecule has 2 amide bonds. The molecular formula is C22H24ClN3O5S. The first kappa shape index (κ1) is 23.9. The molecule has 2 aromatic rings. The number of morpholine rings is 1. The molecule has 0 aliphatic carbocycles. The van der Waals surface area contributed by atoms with E-state index in [1.807, 2.05) is 30.3 Å². The first-order chi connectivity index (χ1) is 15.3. The molecule has 1 N–H and O–H groups in total. The number of sulfonamides is 1. The predicted octanol–water partition coefficient (Wildman–Crippen LogP) is 2.47. The highest BCUT2D eigenvalue weighted by Gasteiger charge is 2.28. The number of ether oxygens (including phenoxy) is 1. The molecule has 8 nitrogen and oxygen atoms in total. The Morgan fingerprint density at radius 1 is 1.16 bits per heavy atom. The number of rotatable bonds is 7. The summed E-state index contributed by atoms with van der Waals surface area (Å²) in [5, 5.41) is 2.68. The van der Waals surface area contributed by atoms with E-state index in [-0.39, 0.29) is 41.1 Å². The lowest BCUT2D eigenvalue weighted by atomic mass is 10.2. The Kier molecular flexibility index (Phi) is 8.03. The number of anilines is 1. The van der Waals surface area contributed by atoms with E-state index in [4.69, 9.17) is 16.3 Å². The van der Waals surface area contributed by atoms with Gasteiger partial charge in [0.05, 0.1) is 24.8 Å². The lowest BCUT2D eigenvalue weighted by Gasteiger charge is -2.26. The minimum absolute atomic E-state index is 0.0628. The summed E-state index contributed by atoms with van der Waals surface area (Å²) >= 11 is 6.14. The number of benzene rings is 2. The fourth-order valence-corrected chi connectivity index (χ4v) is 4.97. The van der Waals surface area contributed by atoms with Crippen molar-refractivity contribution >= 4 is 45.2 Å². The molecule has 0 spiro atoms. The lowest BCUT2D eigenvalue weighted by Crippen LogP contribution is -2.40. The van der Waals surface area contributed by atoms with Gasteiger partial charge >= 0.3 is 0 Å². The Bertz CT molecular complexity index is 1100. The summed E-state index contributed by atoms with van der Waals surface area (Å²) in [6.07, 6.45) is 3.05. The van der Waals surface area contributed by atoms with Gasteiger partial charge in [-0.2, -0.15) is 4.31 Å². The minimum atomic E-state index is -3.82. The van der Waals surface area contributed by atoms with Gasteiger partial charge in [0, 0.05) is 31.9 Å². The zero-order chi connectivity index (χ0) is 23.1. The van der Waals surface area contributed by atoms with E-state index in [0.717, 1.165) is 5.56 Å². The number of hydrogen-bond donors (Lipinski definition) is 1. The fourth-order valence-electron chi connectivity index (χ4n) is 3.06. The number of nitrogens with zero attached hydrogens (tertiary/aromatic N) is 2. The Labute approximate surface area is 192 Å². The first-order valence-electron chi connectivity index (χ1n) is 9.93. The van der Waals surface area contributed by atoms with E-state index < -0.39 is 15.9 Å². The van der Waals surface area contributed by atoms with Crippen LogP contribution in [0.4, 0.5) is 5.69 Å². The molecule has 0 radical (unpaired) electrons. The number of carbonyl (C=O) groups is 2. The highest BCUT2D eigenvalue weighted by atomic mass is 35.5. The fraction of sp³-hybridized carbons (Fsp3) is 0.273. The number of carbonyl (C=O) groups excluding carboxylic acids is 2. The summed E-state index contributed by atoms with van der Waals surface area (Å²) in [5.74, 6) is -0.804. The Morgan fingerprint density at radius 2 is 1.84 bits per heavy atom. The van der Waals surface area contributed by atoms with Crippen LogP contribution in [0.15, 0.2) is 59.5 Å². The topological polar surface area (TPSA) is 96.0 Å². The van der Waals surface area contributed by atoms with Crippen LogP contribution >= 0.6 is 11.6 Å². The van der Waals surface area contributed by atoms with Crippen LogP contribution in [0.2, 0.25) is 5.02 Å². The van der Waals surface area contributed by atoms with Crippen molar-refractivity contribution in [1.82, 2.24) is 9.21 Å². The quantitative estimate of drug-likeness (QED) is 0.618. The van der Waals surface area contributed by atoms with Gasteiger partial charge in [0.2, 0.25) is 21.8 Å². The third kappa shape index (κ3) is 6.17. The minimum Gasteiger partial charge on any atom is -0.379 e. The van der Waals surface area contributed by atoms with Gasteiger partial charge in [-0.25, -0.2) is 8.42 Å². The summed E-state index contributed by atoms with van der Waals surface area (Å²) in [5.41, 5.74) is 1.14. The van der Waals surface area contributed by atoms with Crippen molar-refractivity contribution in [3.8, 4) is 0 Å². The van der Waals surface area contributed by atoms with Crippen LogP contribution in [-0.4, -0.2) is 69.3 Å². The Hall–Kier alpha value is -2.72. The highest BCUT2D eigenvalue weighted by Crippen LogP contribution is 2.28. The van der Waals surface area contributed by atoms with Gasteiger partial charge in [0.25, 0.3) is 0 Å². The van der Waals surface area contributed by atoms with Crippen molar-refractivity contribution in [2.75, 3.05) is 45.2 Å². The Morgan fingerprint density at radius 3 is 2.53 bits per heavy atom. The predicted molar refractivity (Wildman–Crippen MR) is 123 cm³/mol. The van der Waals surface area contributed by atoms with Crippen LogP contribution in [0.5, 0.6) is 0 Å². The maximum absolute atomic E-state index is 12.9. The van der Waals surface area contributed by atoms with E-state index in [9.17, 15) is 18.0 Å². The number of nitrogens with one attached hydrogen (secondary N) is 1. The normalized spacial score (nSPS) is 14.9. The van der Waals surface area contributed by atoms with Gasteiger partial charge in [0.1, 0.15) is 4.90 Å². The van der Waals surface area contributed by atoms with Gasteiger partial charge in [-0.1, -0.05) is 41.9 Å². The summed E-state index contributed by atoms with van der Waals surface area (Å²) in [4.78, 5) is 25.8. The van der Waals surface area contributed by atoms with E-state index in [1.54, 1.807) is 6.08 Å². The molecule has 0 atom stereocenters. The number of halogens is 1. The molecule has 1 aliphatic rings. The molecular weight excluding hydrogens is 454 g/mol. The number of amides is 2. The third-order valence-corrected chi connectivity index (χ3v) is 7.16. The largest absolute Gasteiger partial charge is 0.379 e. The first-order valence-corrected chi connectivity index (χ1v) is 11.7. The van der Waals surface area contributed by atoms with Gasteiger partial charge in [-0.05, 0) is 29.8 Å². The van der Waals surface area contributed by atoms with E-state index in [2.05, 4.69) is 5.32 Å². The average Bonchev–Trinajstić information content (AvgIpc) is 2.79. The van der Waals surface area contributed by atoms with Crippen LogP contribution in [-0.2, 0) is 24.3 Å². The summed E-state index contributed by atoms with van der Waals surface area (Å²) < 4.78 is 32.3. The Balaban J connectivity index is 1.64.